The second-order valence-corrected chi connectivity index (χ2v) is 20.1. The summed E-state index contributed by atoms with van der Waals surface area (Å²) >= 11 is 0. The molecule has 0 amide bonds. The van der Waals surface area contributed by atoms with Crippen molar-refractivity contribution in [2.75, 3.05) is 17.3 Å². The Hall–Kier alpha value is 0.760. The van der Waals surface area contributed by atoms with Crippen molar-refractivity contribution < 1.29 is 14.4 Å². The molecule has 0 radical (unpaired) electrons. The van der Waals surface area contributed by atoms with E-state index in [0.717, 1.165) is 0 Å². The van der Waals surface area contributed by atoms with Crippen LogP contribution in [-0.2, 0) is 14.4 Å². The molecule has 0 aromatic carbocycles. The number of hydrogen-bond donors (Lipinski definition) is 0. The summed E-state index contributed by atoms with van der Waals surface area (Å²) < 4.78 is 0. The van der Waals surface area contributed by atoms with Crippen molar-refractivity contribution in [1.29, 1.82) is 0 Å². The molecule has 0 spiro atoms. The number of carbonyl (C=O) groups excluding carboxylic acids is 3. The molecule has 6 unspecified atom stereocenters. The molecule has 206 valence electrons. The summed E-state index contributed by atoms with van der Waals surface area (Å²) in [6.45, 7) is 26.8. The number of ketones is 3. The maximum atomic E-state index is 12.0. The number of Topliss-reactive ketones (excluding diaryl/α,β-unsaturated/α-hetero) is 3. The largest absolute Gasteiger partial charge is 0.299 e. The first-order valence-electron chi connectivity index (χ1n) is 11.7. The summed E-state index contributed by atoms with van der Waals surface area (Å²) in [5, 5.41) is 0.727. The quantitative estimate of drug-likeness (QED) is 0.0537. The van der Waals surface area contributed by atoms with Gasteiger partial charge in [-0.3, -0.25) is 14.4 Å². The maximum absolute atomic E-state index is 12.0. The normalized spacial score (nSPS) is 19.3. The first kappa shape index (κ1) is 36.8. The Labute approximate surface area is 245 Å². The van der Waals surface area contributed by atoms with Gasteiger partial charge in [0.25, 0.3) is 0 Å². The highest BCUT2D eigenvalue weighted by molar-refractivity contribution is 8.96. The molecule has 0 rings (SSSR count). The molecule has 0 aromatic rings. The van der Waals surface area contributed by atoms with Crippen molar-refractivity contribution in [2.45, 2.75) is 71.5 Å². The zero-order valence-electron chi connectivity index (χ0n) is 22.9. The van der Waals surface area contributed by atoms with Gasteiger partial charge < -0.3 is 0 Å². The SMILES string of the molecule is C=CC(C)(CSSPC(C(C)SSCC(C)(C=C)C(C)=O)C(C)SSCC(C)(C=C)C(C)=O)C(C)=O. The fourth-order valence-electron chi connectivity index (χ4n) is 2.37. The van der Waals surface area contributed by atoms with Crippen molar-refractivity contribution in [3.05, 3.63) is 38.0 Å². The molecule has 10 heteroatoms. The molecule has 0 aliphatic heterocycles. The number of hydrogen-bond acceptors (Lipinski definition) is 9. The van der Waals surface area contributed by atoms with E-state index >= 15 is 0 Å². The average molecular weight is 627 g/mol. The predicted molar refractivity (Wildman–Crippen MR) is 178 cm³/mol. The molecule has 0 bridgehead atoms. The summed E-state index contributed by atoms with van der Waals surface area (Å²) in [5.41, 5.74) is -1.11. The minimum Gasteiger partial charge on any atom is -0.299 e. The summed E-state index contributed by atoms with van der Waals surface area (Å²) in [7, 11) is 11.3. The van der Waals surface area contributed by atoms with Crippen LogP contribution in [0.2, 0.25) is 0 Å². The first-order valence-corrected chi connectivity index (χ1v) is 20.6. The van der Waals surface area contributed by atoms with Crippen molar-refractivity contribution in [1.82, 2.24) is 0 Å². The molecule has 0 saturated heterocycles. The van der Waals surface area contributed by atoms with E-state index in [1.807, 2.05) is 52.8 Å². The fraction of sp³-hybridized carbons (Fsp3) is 0.654. The summed E-state index contributed by atoms with van der Waals surface area (Å²) in [4.78, 5) is 36.1. The topological polar surface area (TPSA) is 51.2 Å². The molecule has 3 nitrogen and oxygen atoms in total. The second kappa shape index (κ2) is 17.5. The van der Waals surface area contributed by atoms with Gasteiger partial charge in [0.1, 0.15) is 17.3 Å². The van der Waals surface area contributed by atoms with E-state index in [4.69, 9.17) is 0 Å². The van der Waals surface area contributed by atoms with Crippen LogP contribution in [0.1, 0.15) is 55.4 Å². The highest BCUT2D eigenvalue weighted by atomic mass is 33.3. The van der Waals surface area contributed by atoms with Crippen LogP contribution in [0.25, 0.3) is 0 Å². The van der Waals surface area contributed by atoms with Crippen molar-refractivity contribution >= 4 is 89.5 Å². The van der Waals surface area contributed by atoms with E-state index in [2.05, 4.69) is 33.6 Å². The Balaban J connectivity index is 5.25. The summed E-state index contributed by atoms with van der Waals surface area (Å²) in [6.07, 6.45) is 5.27. The lowest BCUT2D eigenvalue weighted by atomic mass is 9.89. The summed E-state index contributed by atoms with van der Waals surface area (Å²) in [5.74, 6) is 2.50. The molecule has 36 heavy (non-hydrogen) atoms. The van der Waals surface area contributed by atoms with Crippen molar-refractivity contribution in [2.24, 2.45) is 16.2 Å². The van der Waals surface area contributed by atoms with Gasteiger partial charge in [-0.25, -0.2) is 0 Å². The number of rotatable bonds is 21. The minimum absolute atomic E-state index is 0.135. The minimum atomic E-state index is -0.514. The van der Waals surface area contributed by atoms with Crippen LogP contribution >= 0.6 is 72.2 Å². The molecule has 0 heterocycles. The fourth-order valence-corrected chi connectivity index (χ4v) is 16.7. The Kier molecular flexibility index (Phi) is 17.8. The highest BCUT2D eigenvalue weighted by Crippen LogP contribution is 2.53. The third-order valence-electron chi connectivity index (χ3n) is 6.53. The van der Waals surface area contributed by atoms with Crippen molar-refractivity contribution in [3.63, 3.8) is 0 Å². The van der Waals surface area contributed by atoms with E-state index in [1.165, 1.54) is 0 Å². The number of allylic oxidation sites excluding steroid dienone is 3. The lowest BCUT2D eigenvalue weighted by Gasteiger charge is -2.30. The first-order chi connectivity index (χ1) is 16.6. The molecule has 6 atom stereocenters. The van der Waals surface area contributed by atoms with Crippen LogP contribution in [0.4, 0.5) is 0 Å². The lowest BCUT2D eigenvalue weighted by Crippen LogP contribution is -2.27. The van der Waals surface area contributed by atoms with Crippen LogP contribution in [-0.4, -0.2) is 50.8 Å². The van der Waals surface area contributed by atoms with Gasteiger partial charge in [0.15, 0.2) is 0 Å². The van der Waals surface area contributed by atoms with Crippen LogP contribution in [0.3, 0.4) is 0 Å². The Morgan fingerprint density at radius 1 is 0.694 bits per heavy atom. The predicted octanol–water partition coefficient (Wildman–Crippen LogP) is 9.21. The second-order valence-electron chi connectivity index (χ2n) is 9.65. The zero-order valence-corrected chi connectivity index (χ0v) is 28.8. The molecule has 0 N–H and O–H groups in total. The molecular weight excluding hydrogens is 584 g/mol. The van der Waals surface area contributed by atoms with Crippen LogP contribution in [0.15, 0.2) is 38.0 Å². The monoisotopic (exact) mass is 626 g/mol. The molecule has 0 saturated carbocycles. The molecule has 0 aromatic heterocycles. The number of carbonyl (C=O) groups is 3. The molecule has 0 aliphatic rings. The lowest BCUT2D eigenvalue weighted by molar-refractivity contribution is -0.123. The van der Waals surface area contributed by atoms with E-state index in [0.29, 0.717) is 41.2 Å². The van der Waals surface area contributed by atoms with Gasteiger partial charge in [0.05, 0.1) is 16.2 Å². The van der Waals surface area contributed by atoms with Gasteiger partial charge in [-0.1, -0.05) is 96.5 Å². The van der Waals surface area contributed by atoms with Crippen LogP contribution in [0, 0.1) is 16.2 Å². The third-order valence-corrected chi connectivity index (χ3v) is 19.2. The Morgan fingerprint density at radius 2 is 1.00 bits per heavy atom. The van der Waals surface area contributed by atoms with Gasteiger partial charge in [-0.2, -0.15) is 0 Å². The van der Waals surface area contributed by atoms with Gasteiger partial charge in [0, 0.05) is 33.4 Å². The van der Waals surface area contributed by atoms with Gasteiger partial charge in [-0.15, -0.1) is 19.7 Å². The molecule has 0 aliphatic carbocycles. The van der Waals surface area contributed by atoms with Gasteiger partial charge >= 0.3 is 0 Å². The van der Waals surface area contributed by atoms with E-state index in [9.17, 15) is 14.4 Å². The third kappa shape index (κ3) is 11.9. The molecular formula is C26H43O3PS6. The maximum Gasteiger partial charge on any atom is 0.140 e. The standard InChI is InChI=1S/C26H43O3PS6/c1-12-24(9,20(6)27)15-31-34-18(4)23(30-36-33-17-26(11,14-3)22(8)29)19(5)35-32-16-25(10,13-2)21(7)28/h12-14,18-19,23,30H,1-3,15-17H2,4-11H3. The van der Waals surface area contributed by atoms with E-state index < -0.39 is 16.2 Å². The summed E-state index contributed by atoms with van der Waals surface area (Å²) in [6, 6.07) is 0. The van der Waals surface area contributed by atoms with Crippen molar-refractivity contribution in [3.8, 4) is 0 Å². The Morgan fingerprint density at radius 3 is 1.28 bits per heavy atom. The highest BCUT2D eigenvalue weighted by Gasteiger charge is 2.32. The van der Waals surface area contributed by atoms with E-state index in [1.54, 1.807) is 71.4 Å². The van der Waals surface area contributed by atoms with Crippen LogP contribution < -0.4 is 0 Å². The zero-order chi connectivity index (χ0) is 28.2. The average Bonchev–Trinajstić information content (AvgIpc) is 2.82. The van der Waals surface area contributed by atoms with Gasteiger partial charge in [0.2, 0.25) is 0 Å². The van der Waals surface area contributed by atoms with Crippen LogP contribution in [0.5, 0.6) is 0 Å². The molecule has 0 fully saturated rings. The smallest absolute Gasteiger partial charge is 0.140 e. The van der Waals surface area contributed by atoms with E-state index in [-0.39, 0.29) is 17.3 Å². The Bertz CT molecular complexity index is 750. The van der Waals surface area contributed by atoms with Gasteiger partial charge in [-0.05, 0) is 49.3 Å².